The molecule has 1 aromatic rings. The number of rotatable bonds is 4. The zero-order valence-electron chi connectivity index (χ0n) is 11.2. The van der Waals surface area contributed by atoms with Crippen LogP contribution >= 0.6 is 0 Å². The Kier molecular flexibility index (Phi) is 4.23. The van der Waals surface area contributed by atoms with E-state index >= 15 is 0 Å². The summed E-state index contributed by atoms with van der Waals surface area (Å²) in [5.74, 6) is -0.176. The van der Waals surface area contributed by atoms with Gasteiger partial charge in [0.05, 0.1) is 0 Å². The van der Waals surface area contributed by atoms with E-state index in [0.29, 0.717) is 0 Å². The Morgan fingerprint density at radius 1 is 1.28 bits per heavy atom. The number of hydrogen-bond acceptors (Lipinski definition) is 2. The number of nitrogens with two attached hydrogens (primary N) is 1. The molecule has 3 heteroatoms. The molecule has 100 valence electrons. The molecule has 1 fully saturated rings. The van der Waals surface area contributed by atoms with E-state index in [0.717, 1.165) is 18.8 Å². The van der Waals surface area contributed by atoms with Gasteiger partial charge < -0.3 is 10.6 Å². The zero-order valence-corrected chi connectivity index (χ0v) is 11.2. The first-order valence-electron chi connectivity index (χ1n) is 6.82. The van der Waals surface area contributed by atoms with Gasteiger partial charge in [0, 0.05) is 24.7 Å². The molecule has 0 aliphatic heterocycles. The summed E-state index contributed by atoms with van der Waals surface area (Å²) in [5.41, 5.74) is 7.15. The lowest BCUT2D eigenvalue weighted by Crippen LogP contribution is -2.42. The number of benzene rings is 1. The third kappa shape index (κ3) is 3.02. The molecule has 1 saturated carbocycles. The molecule has 2 nitrogen and oxygen atoms in total. The van der Waals surface area contributed by atoms with Crippen LogP contribution in [0.2, 0.25) is 0 Å². The summed E-state index contributed by atoms with van der Waals surface area (Å²) in [7, 11) is 2.03. The van der Waals surface area contributed by atoms with Crippen molar-refractivity contribution in [2.45, 2.75) is 32.1 Å². The monoisotopic (exact) mass is 250 g/mol. The lowest BCUT2D eigenvalue weighted by molar-refractivity contribution is 0.206. The van der Waals surface area contributed by atoms with E-state index in [9.17, 15) is 4.39 Å². The van der Waals surface area contributed by atoms with Crippen LogP contribution in [-0.4, -0.2) is 20.1 Å². The maximum absolute atomic E-state index is 13.2. The fraction of sp³-hybridized carbons (Fsp3) is 0.600. The van der Waals surface area contributed by atoms with Gasteiger partial charge in [0.25, 0.3) is 0 Å². The average Bonchev–Trinajstić information content (AvgIpc) is 2.40. The van der Waals surface area contributed by atoms with E-state index in [1.165, 1.54) is 38.2 Å². The summed E-state index contributed by atoms with van der Waals surface area (Å²) in [5, 5.41) is 0. The number of nitrogens with zero attached hydrogens (tertiary/aromatic N) is 1. The first-order chi connectivity index (χ1) is 8.65. The van der Waals surface area contributed by atoms with Crippen LogP contribution in [0.1, 0.15) is 32.1 Å². The molecule has 18 heavy (non-hydrogen) atoms. The fourth-order valence-corrected chi connectivity index (χ4v) is 3.04. The van der Waals surface area contributed by atoms with Crippen LogP contribution in [0.3, 0.4) is 0 Å². The summed E-state index contributed by atoms with van der Waals surface area (Å²) in [6, 6.07) is 6.79. The van der Waals surface area contributed by atoms with E-state index in [2.05, 4.69) is 4.90 Å². The molecule has 0 unspecified atom stereocenters. The molecule has 0 saturated heterocycles. The molecule has 0 amide bonds. The predicted molar refractivity (Wildman–Crippen MR) is 74.2 cm³/mol. The smallest absolute Gasteiger partial charge is 0.125 e. The van der Waals surface area contributed by atoms with Crippen LogP contribution in [-0.2, 0) is 0 Å². The second-order valence-electron chi connectivity index (χ2n) is 5.60. The van der Waals surface area contributed by atoms with E-state index < -0.39 is 0 Å². The van der Waals surface area contributed by atoms with Gasteiger partial charge >= 0.3 is 0 Å². The van der Waals surface area contributed by atoms with Crippen LogP contribution in [0.5, 0.6) is 0 Å². The highest BCUT2D eigenvalue weighted by molar-refractivity contribution is 5.45. The summed E-state index contributed by atoms with van der Waals surface area (Å²) in [6.45, 7) is 1.65. The van der Waals surface area contributed by atoms with Gasteiger partial charge in [-0.2, -0.15) is 0 Å². The summed E-state index contributed by atoms with van der Waals surface area (Å²) < 4.78 is 13.2. The van der Waals surface area contributed by atoms with Crippen LogP contribution in [0.15, 0.2) is 24.3 Å². The lowest BCUT2D eigenvalue weighted by atomic mass is 9.73. The van der Waals surface area contributed by atoms with Gasteiger partial charge in [-0.25, -0.2) is 4.39 Å². The fourth-order valence-electron chi connectivity index (χ4n) is 3.04. The molecule has 1 aliphatic rings. The van der Waals surface area contributed by atoms with Crippen LogP contribution in [0.4, 0.5) is 10.1 Å². The SMILES string of the molecule is CN(CC1(CN)CCCCC1)c1cccc(F)c1. The van der Waals surface area contributed by atoms with E-state index in [4.69, 9.17) is 5.73 Å². The molecule has 0 bridgehead atoms. The molecule has 2 rings (SSSR count). The molecular weight excluding hydrogens is 227 g/mol. The second kappa shape index (κ2) is 5.70. The third-order valence-corrected chi connectivity index (χ3v) is 4.17. The highest BCUT2D eigenvalue weighted by Crippen LogP contribution is 2.36. The third-order valence-electron chi connectivity index (χ3n) is 4.17. The van der Waals surface area contributed by atoms with Gasteiger partial charge in [0.2, 0.25) is 0 Å². The Labute approximate surface area is 109 Å². The van der Waals surface area contributed by atoms with E-state index in [1.807, 2.05) is 13.1 Å². The van der Waals surface area contributed by atoms with Crippen LogP contribution in [0, 0.1) is 11.2 Å². The molecule has 0 aromatic heterocycles. The highest BCUT2D eigenvalue weighted by Gasteiger charge is 2.31. The van der Waals surface area contributed by atoms with Crippen molar-refractivity contribution in [2.24, 2.45) is 11.1 Å². The second-order valence-corrected chi connectivity index (χ2v) is 5.60. The topological polar surface area (TPSA) is 29.3 Å². The quantitative estimate of drug-likeness (QED) is 0.889. The Balaban J connectivity index is 2.07. The van der Waals surface area contributed by atoms with Crippen LogP contribution in [0.25, 0.3) is 0 Å². The molecule has 0 heterocycles. The molecule has 0 radical (unpaired) electrons. The Hall–Kier alpha value is -1.09. The summed E-state index contributed by atoms with van der Waals surface area (Å²) >= 11 is 0. The van der Waals surface area contributed by atoms with Crippen molar-refractivity contribution in [3.8, 4) is 0 Å². The predicted octanol–water partition coefficient (Wildman–Crippen LogP) is 3.17. The maximum atomic E-state index is 13.2. The summed E-state index contributed by atoms with van der Waals surface area (Å²) in [4.78, 5) is 2.14. The van der Waals surface area contributed by atoms with Gasteiger partial charge in [-0.15, -0.1) is 0 Å². The normalized spacial score (nSPS) is 18.6. The maximum Gasteiger partial charge on any atom is 0.125 e. The van der Waals surface area contributed by atoms with Gasteiger partial charge in [-0.1, -0.05) is 25.3 Å². The first-order valence-corrected chi connectivity index (χ1v) is 6.82. The van der Waals surface area contributed by atoms with Crippen molar-refractivity contribution >= 4 is 5.69 Å². The van der Waals surface area contributed by atoms with Crippen LogP contribution < -0.4 is 10.6 Å². The minimum atomic E-state index is -0.176. The minimum absolute atomic E-state index is 0.176. The molecule has 1 aromatic carbocycles. The zero-order chi connectivity index (χ0) is 13.0. The van der Waals surface area contributed by atoms with Gasteiger partial charge in [-0.3, -0.25) is 0 Å². The first kappa shape index (κ1) is 13.3. The van der Waals surface area contributed by atoms with Gasteiger partial charge in [-0.05, 0) is 37.6 Å². The largest absolute Gasteiger partial charge is 0.374 e. The number of anilines is 1. The molecule has 1 aliphatic carbocycles. The molecule has 2 N–H and O–H groups in total. The minimum Gasteiger partial charge on any atom is -0.374 e. The van der Waals surface area contributed by atoms with Crippen molar-refractivity contribution in [1.29, 1.82) is 0 Å². The Morgan fingerprint density at radius 3 is 2.61 bits per heavy atom. The van der Waals surface area contributed by atoms with Crippen molar-refractivity contribution in [3.05, 3.63) is 30.1 Å². The lowest BCUT2D eigenvalue weighted by Gasteiger charge is -2.40. The highest BCUT2D eigenvalue weighted by atomic mass is 19.1. The van der Waals surface area contributed by atoms with Crippen molar-refractivity contribution in [3.63, 3.8) is 0 Å². The van der Waals surface area contributed by atoms with E-state index in [-0.39, 0.29) is 11.2 Å². The molecule has 0 spiro atoms. The van der Waals surface area contributed by atoms with Crippen molar-refractivity contribution in [2.75, 3.05) is 25.0 Å². The standard InChI is InChI=1S/C15H23FN2/c1-18(14-7-5-6-13(16)10-14)12-15(11-17)8-3-2-4-9-15/h5-7,10H,2-4,8-9,11-12,17H2,1H3. The van der Waals surface area contributed by atoms with Crippen molar-refractivity contribution < 1.29 is 4.39 Å². The number of hydrogen-bond donors (Lipinski definition) is 1. The Bertz CT molecular complexity index is 386. The van der Waals surface area contributed by atoms with Crippen molar-refractivity contribution in [1.82, 2.24) is 0 Å². The average molecular weight is 250 g/mol. The number of halogens is 1. The molecule has 0 atom stereocenters. The summed E-state index contributed by atoms with van der Waals surface area (Å²) in [6.07, 6.45) is 6.26. The Morgan fingerprint density at radius 2 is 2.00 bits per heavy atom. The van der Waals surface area contributed by atoms with Gasteiger partial charge in [0.1, 0.15) is 5.82 Å². The van der Waals surface area contributed by atoms with E-state index in [1.54, 1.807) is 12.1 Å². The van der Waals surface area contributed by atoms with Gasteiger partial charge in [0.15, 0.2) is 0 Å². The molecular formula is C15H23FN2.